The van der Waals surface area contributed by atoms with Crippen molar-refractivity contribution in [3.63, 3.8) is 0 Å². The lowest BCUT2D eigenvalue weighted by Crippen LogP contribution is -2.37. The Labute approximate surface area is 110 Å². The quantitative estimate of drug-likeness (QED) is 0.516. The Morgan fingerprint density at radius 3 is 2.26 bits per heavy atom. The molecule has 0 aliphatic heterocycles. The highest BCUT2D eigenvalue weighted by Crippen LogP contribution is 2.19. The molecule has 106 valence electrons. The molecule has 0 saturated heterocycles. The van der Waals surface area contributed by atoms with Gasteiger partial charge in [-0.25, -0.2) is 8.42 Å². The summed E-state index contributed by atoms with van der Waals surface area (Å²) in [6.45, 7) is -0.213. The van der Waals surface area contributed by atoms with Gasteiger partial charge in [0.15, 0.2) is 0 Å². The van der Waals surface area contributed by atoms with Crippen LogP contribution >= 0.6 is 0 Å². The van der Waals surface area contributed by atoms with Crippen LogP contribution in [0.15, 0.2) is 29.2 Å². The second kappa shape index (κ2) is 6.57. The number of hydrogen-bond acceptors (Lipinski definition) is 6. The van der Waals surface area contributed by atoms with Gasteiger partial charge in [0.25, 0.3) is 5.69 Å². The highest BCUT2D eigenvalue weighted by Gasteiger charge is 2.23. The lowest BCUT2D eigenvalue weighted by atomic mass is 10.3. The maximum atomic E-state index is 12.2. The van der Waals surface area contributed by atoms with Crippen molar-refractivity contribution in [2.24, 2.45) is 5.73 Å². The van der Waals surface area contributed by atoms with Crippen molar-refractivity contribution >= 4 is 15.7 Å². The standard InChI is InChI=1S/C10H15N3O5S/c11-5-6-12(7-8-14)19(17,18)10-3-1-9(2-4-10)13(15)16/h1-4,14H,5-8,11H2. The molecule has 1 aromatic carbocycles. The Hall–Kier alpha value is -1.55. The third-order valence-corrected chi connectivity index (χ3v) is 4.33. The summed E-state index contributed by atoms with van der Waals surface area (Å²) in [5.74, 6) is 0. The maximum absolute atomic E-state index is 12.2. The Bertz CT molecular complexity index is 523. The van der Waals surface area contributed by atoms with Gasteiger partial charge in [0, 0.05) is 31.8 Å². The molecule has 1 aromatic rings. The third kappa shape index (κ3) is 3.70. The SMILES string of the molecule is NCCN(CCO)S(=O)(=O)c1ccc([N+](=O)[O-])cc1. The van der Waals surface area contributed by atoms with Crippen LogP contribution in [0, 0.1) is 10.1 Å². The summed E-state index contributed by atoms with van der Waals surface area (Å²) in [4.78, 5) is 9.82. The van der Waals surface area contributed by atoms with E-state index in [9.17, 15) is 18.5 Å². The minimum Gasteiger partial charge on any atom is -0.395 e. The molecule has 0 radical (unpaired) electrons. The van der Waals surface area contributed by atoms with Gasteiger partial charge in [-0.1, -0.05) is 0 Å². The molecule has 19 heavy (non-hydrogen) atoms. The Balaban J connectivity index is 3.07. The fourth-order valence-corrected chi connectivity index (χ4v) is 2.94. The molecule has 8 nitrogen and oxygen atoms in total. The number of nitrogens with zero attached hydrogens (tertiary/aromatic N) is 2. The van der Waals surface area contributed by atoms with E-state index in [0.29, 0.717) is 0 Å². The molecule has 9 heteroatoms. The normalized spacial score (nSPS) is 11.7. The average molecular weight is 289 g/mol. The van der Waals surface area contributed by atoms with Crippen LogP contribution in [0.2, 0.25) is 0 Å². The first-order valence-corrected chi connectivity index (χ1v) is 6.93. The zero-order valence-corrected chi connectivity index (χ0v) is 10.9. The van der Waals surface area contributed by atoms with Crippen LogP contribution in [0.5, 0.6) is 0 Å². The number of non-ortho nitro benzene ring substituents is 1. The van der Waals surface area contributed by atoms with Crippen LogP contribution in [-0.4, -0.2) is 49.0 Å². The summed E-state index contributed by atoms with van der Waals surface area (Å²) in [6, 6.07) is 4.56. The highest BCUT2D eigenvalue weighted by molar-refractivity contribution is 7.89. The lowest BCUT2D eigenvalue weighted by Gasteiger charge is -2.20. The Morgan fingerprint density at radius 1 is 1.26 bits per heavy atom. The molecule has 0 aliphatic rings. The van der Waals surface area contributed by atoms with Crippen molar-refractivity contribution in [1.82, 2.24) is 4.31 Å². The first kappa shape index (κ1) is 15.5. The van der Waals surface area contributed by atoms with Crippen LogP contribution in [0.4, 0.5) is 5.69 Å². The van der Waals surface area contributed by atoms with E-state index in [2.05, 4.69) is 0 Å². The summed E-state index contributed by atoms with van der Waals surface area (Å²) in [5, 5.41) is 19.4. The van der Waals surface area contributed by atoms with Gasteiger partial charge in [0.1, 0.15) is 0 Å². The van der Waals surface area contributed by atoms with Crippen LogP contribution in [0.3, 0.4) is 0 Å². The third-order valence-electron chi connectivity index (χ3n) is 2.41. The molecular formula is C10H15N3O5S. The van der Waals surface area contributed by atoms with Gasteiger partial charge in [0.05, 0.1) is 16.4 Å². The van der Waals surface area contributed by atoms with Gasteiger partial charge >= 0.3 is 0 Å². The molecule has 1 rings (SSSR count). The number of nitro benzene ring substituents is 1. The first-order valence-electron chi connectivity index (χ1n) is 5.49. The van der Waals surface area contributed by atoms with E-state index in [-0.39, 0.29) is 36.8 Å². The smallest absolute Gasteiger partial charge is 0.269 e. The fraction of sp³-hybridized carbons (Fsp3) is 0.400. The molecule has 0 atom stereocenters. The minimum absolute atomic E-state index is 0.0693. The molecule has 0 aromatic heterocycles. The molecule has 0 aliphatic carbocycles. The number of nitro groups is 1. The van der Waals surface area contributed by atoms with E-state index in [1.54, 1.807) is 0 Å². The Kier molecular flexibility index (Phi) is 5.36. The summed E-state index contributed by atoms with van der Waals surface area (Å²) in [6.07, 6.45) is 0. The number of nitrogens with two attached hydrogens (primary N) is 1. The molecule has 0 heterocycles. The monoisotopic (exact) mass is 289 g/mol. The van der Waals surface area contributed by atoms with E-state index in [1.807, 2.05) is 0 Å². The van der Waals surface area contributed by atoms with Crippen molar-refractivity contribution in [3.05, 3.63) is 34.4 Å². The molecule has 0 bridgehead atoms. The number of sulfonamides is 1. The molecule has 0 saturated carbocycles. The molecule has 3 N–H and O–H groups in total. The predicted octanol–water partition coefficient (Wildman–Crippen LogP) is -0.463. The van der Waals surface area contributed by atoms with Crippen molar-refractivity contribution in [1.29, 1.82) is 0 Å². The molecule has 0 spiro atoms. The average Bonchev–Trinajstić information content (AvgIpc) is 2.38. The fourth-order valence-electron chi connectivity index (χ4n) is 1.50. The van der Waals surface area contributed by atoms with Gasteiger partial charge in [-0.2, -0.15) is 4.31 Å². The van der Waals surface area contributed by atoms with E-state index in [1.165, 1.54) is 0 Å². The van der Waals surface area contributed by atoms with Crippen molar-refractivity contribution < 1.29 is 18.4 Å². The maximum Gasteiger partial charge on any atom is 0.269 e. The number of aliphatic hydroxyl groups is 1. The zero-order chi connectivity index (χ0) is 14.5. The second-order valence-corrected chi connectivity index (χ2v) is 5.61. The van der Waals surface area contributed by atoms with Gasteiger partial charge in [-0.3, -0.25) is 10.1 Å². The van der Waals surface area contributed by atoms with Crippen molar-refractivity contribution in [2.75, 3.05) is 26.2 Å². The lowest BCUT2D eigenvalue weighted by molar-refractivity contribution is -0.384. The summed E-state index contributed by atoms with van der Waals surface area (Å²) >= 11 is 0. The number of hydrogen-bond donors (Lipinski definition) is 2. The number of rotatable bonds is 7. The van der Waals surface area contributed by atoms with Crippen LogP contribution in [0.1, 0.15) is 0 Å². The molecule has 0 fully saturated rings. The summed E-state index contributed by atoms with van der Waals surface area (Å²) in [7, 11) is -3.80. The van der Waals surface area contributed by atoms with Gasteiger partial charge in [-0.05, 0) is 12.1 Å². The van der Waals surface area contributed by atoms with Crippen LogP contribution in [0.25, 0.3) is 0 Å². The number of aliphatic hydroxyl groups excluding tert-OH is 1. The topological polar surface area (TPSA) is 127 Å². The van der Waals surface area contributed by atoms with E-state index in [0.717, 1.165) is 28.6 Å². The van der Waals surface area contributed by atoms with Gasteiger partial charge in [-0.15, -0.1) is 0 Å². The van der Waals surface area contributed by atoms with Gasteiger partial charge in [0.2, 0.25) is 10.0 Å². The zero-order valence-electron chi connectivity index (χ0n) is 10.1. The second-order valence-electron chi connectivity index (χ2n) is 3.67. The van der Waals surface area contributed by atoms with Crippen LogP contribution < -0.4 is 5.73 Å². The van der Waals surface area contributed by atoms with Crippen molar-refractivity contribution in [2.45, 2.75) is 4.90 Å². The summed E-state index contributed by atoms with van der Waals surface area (Å²) in [5.41, 5.74) is 5.13. The van der Waals surface area contributed by atoms with Crippen LogP contribution in [-0.2, 0) is 10.0 Å². The van der Waals surface area contributed by atoms with Gasteiger partial charge < -0.3 is 10.8 Å². The number of benzene rings is 1. The van der Waals surface area contributed by atoms with E-state index < -0.39 is 14.9 Å². The Morgan fingerprint density at radius 2 is 1.84 bits per heavy atom. The first-order chi connectivity index (χ1) is 8.93. The summed E-state index contributed by atoms with van der Waals surface area (Å²) < 4.78 is 25.4. The largest absolute Gasteiger partial charge is 0.395 e. The molecular weight excluding hydrogens is 274 g/mol. The van der Waals surface area contributed by atoms with Crippen molar-refractivity contribution in [3.8, 4) is 0 Å². The molecule has 0 unspecified atom stereocenters. The minimum atomic E-state index is -3.80. The molecule has 0 amide bonds. The van der Waals surface area contributed by atoms with E-state index in [4.69, 9.17) is 10.8 Å². The van der Waals surface area contributed by atoms with E-state index >= 15 is 0 Å². The highest BCUT2D eigenvalue weighted by atomic mass is 32.2. The predicted molar refractivity (Wildman–Crippen MR) is 68.0 cm³/mol.